The lowest BCUT2D eigenvalue weighted by Gasteiger charge is -2.47. The predicted octanol–water partition coefficient (Wildman–Crippen LogP) is 1.76. The van der Waals surface area contributed by atoms with Gasteiger partial charge in [0.2, 0.25) is 5.69 Å². The second kappa shape index (κ2) is 5.43. The molecule has 1 aliphatic carbocycles. The first-order valence-corrected chi connectivity index (χ1v) is 6.45. The highest BCUT2D eigenvalue weighted by molar-refractivity contribution is 5.50. The van der Waals surface area contributed by atoms with E-state index in [-0.39, 0.29) is 16.9 Å². The van der Waals surface area contributed by atoms with Gasteiger partial charge in [-0.05, 0) is 39.4 Å². The number of nitriles is 1. The summed E-state index contributed by atoms with van der Waals surface area (Å²) in [5, 5.41) is 22.8. The zero-order chi connectivity index (χ0) is 14.8. The second-order valence-electron chi connectivity index (χ2n) is 5.26. The van der Waals surface area contributed by atoms with Gasteiger partial charge >= 0.3 is 5.69 Å². The topological polar surface area (TPSA) is 95.1 Å². The number of aromatic nitrogens is 1. The number of hydrogen-bond donors (Lipinski definition) is 1. The Morgan fingerprint density at radius 1 is 1.55 bits per heavy atom. The van der Waals surface area contributed by atoms with Crippen molar-refractivity contribution in [3.63, 3.8) is 0 Å². The van der Waals surface area contributed by atoms with Crippen LogP contribution in [0, 0.1) is 21.4 Å². The Morgan fingerprint density at radius 2 is 2.25 bits per heavy atom. The lowest BCUT2D eigenvalue weighted by molar-refractivity contribution is -0.385. The fourth-order valence-electron chi connectivity index (χ4n) is 2.40. The van der Waals surface area contributed by atoms with E-state index in [9.17, 15) is 10.1 Å². The standard InChI is InChI=1S/C13H17N5O2/c1-17(2)13(6-3-7-13)9-15-12-5-4-11(18(19)20)10(8-14)16-12/h4-5H,3,6-7,9H2,1-2H3,(H,15,16). The fourth-order valence-corrected chi connectivity index (χ4v) is 2.40. The molecule has 7 heteroatoms. The maximum Gasteiger partial charge on any atom is 0.305 e. The van der Waals surface area contributed by atoms with Crippen molar-refractivity contribution in [2.75, 3.05) is 26.0 Å². The van der Waals surface area contributed by atoms with Gasteiger partial charge < -0.3 is 10.2 Å². The summed E-state index contributed by atoms with van der Waals surface area (Å²) in [6.45, 7) is 0.718. The van der Waals surface area contributed by atoms with Crippen molar-refractivity contribution in [3.05, 3.63) is 27.9 Å². The van der Waals surface area contributed by atoms with E-state index >= 15 is 0 Å². The molecule has 7 nitrogen and oxygen atoms in total. The van der Waals surface area contributed by atoms with Crippen molar-refractivity contribution < 1.29 is 4.92 Å². The van der Waals surface area contributed by atoms with Crippen molar-refractivity contribution in [1.29, 1.82) is 5.26 Å². The zero-order valence-corrected chi connectivity index (χ0v) is 11.6. The lowest BCUT2D eigenvalue weighted by atomic mass is 9.75. The van der Waals surface area contributed by atoms with E-state index in [0.29, 0.717) is 5.82 Å². The molecule has 106 valence electrons. The molecule has 1 heterocycles. The fraction of sp³-hybridized carbons (Fsp3) is 0.538. The number of hydrogen-bond acceptors (Lipinski definition) is 6. The minimum atomic E-state index is -0.595. The lowest BCUT2D eigenvalue weighted by Crippen LogP contribution is -2.54. The highest BCUT2D eigenvalue weighted by Crippen LogP contribution is 2.36. The van der Waals surface area contributed by atoms with Crippen LogP contribution >= 0.6 is 0 Å². The highest BCUT2D eigenvalue weighted by Gasteiger charge is 2.38. The van der Waals surface area contributed by atoms with Gasteiger partial charge in [0.05, 0.1) is 4.92 Å². The molecule has 0 spiro atoms. The quantitative estimate of drug-likeness (QED) is 0.649. The molecule has 0 saturated heterocycles. The number of likely N-dealkylation sites (N-methyl/N-ethyl adjacent to an activating group) is 1. The summed E-state index contributed by atoms with van der Waals surface area (Å²) in [6.07, 6.45) is 3.44. The molecule has 0 aliphatic heterocycles. The predicted molar refractivity (Wildman–Crippen MR) is 74.4 cm³/mol. The minimum Gasteiger partial charge on any atom is -0.368 e. The van der Waals surface area contributed by atoms with E-state index in [4.69, 9.17) is 5.26 Å². The van der Waals surface area contributed by atoms with E-state index < -0.39 is 4.92 Å². The maximum atomic E-state index is 10.7. The molecule has 1 fully saturated rings. The first-order valence-electron chi connectivity index (χ1n) is 6.45. The van der Waals surface area contributed by atoms with Crippen molar-refractivity contribution in [3.8, 4) is 6.07 Å². The van der Waals surface area contributed by atoms with Gasteiger partial charge in [0, 0.05) is 18.2 Å². The van der Waals surface area contributed by atoms with Crippen molar-refractivity contribution in [2.45, 2.75) is 24.8 Å². The Balaban J connectivity index is 2.11. The van der Waals surface area contributed by atoms with Crippen molar-refractivity contribution >= 4 is 11.5 Å². The molecule has 1 N–H and O–H groups in total. The zero-order valence-electron chi connectivity index (χ0n) is 11.6. The molecule has 1 aliphatic rings. The average Bonchev–Trinajstić information content (AvgIpc) is 2.36. The van der Waals surface area contributed by atoms with Gasteiger partial charge in [-0.15, -0.1) is 0 Å². The molecule has 1 aromatic rings. The molecule has 0 atom stereocenters. The third kappa shape index (κ3) is 2.56. The van der Waals surface area contributed by atoms with Gasteiger partial charge in [-0.3, -0.25) is 10.1 Å². The van der Waals surface area contributed by atoms with E-state index in [1.54, 1.807) is 12.1 Å². The largest absolute Gasteiger partial charge is 0.368 e. The monoisotopic (exact) mass is 275 g/mol. The first-order chi connectivity index (χ1) is 9.48. The van der Waals surface area contributed by atoms with Crippen LogP contribution in [-0.2, 0) is 0 Å². The van der Waals surface area contributed by atoms with Crippen LogP contribution in [0.3, 0.4) is 0 Å². The third-order valence-corrected chi connectivity index (χ3v) is 4.01. The Morgan fingerprint density at radius 3 is 2.70 bits per heavy atom. The van der Waals surface area contributed by atoms with Crippen molar-refractivity contribution in [1.82, 2.24) is 9.88 Å². The molecular weight excluding hydrogens is 258 g/mol. The number of nitro groups is 1. The summed E-state index contributed by atoms with van der Waals surface area (Å²) in [6, 6.07) is 4.62. The SMILES string of the molecule is CN(C)C1(CNc2ccc([N+](=O)[O-])c(C#N)n2)CCC1. The number of rotatable bonds is 5. The van der Waals surface area contributed by atoms with Crippen LogP contribution in [0.1, 0.15) is 25.0 Å². The van der Waals surface area contributed by atoms with Crippen molar-refractivity contribution in [2.24, 2.45) is 0 Å². The van der Waals surface area contributed by atoms with Crippen LogP contribution < -0.4 is 5.32 Å². The van der Waals surface area contributed by atoms with E-state index in [0.717, 1.165) is 19.4 Å². The summed E-state index contributed by atoms with van der Waals surface area (Å²) >= 11 is 0. The molecule has 1 aromatic heterocycles. The van der Waals surface area contributed by atoms with Gasteiger partial charge in [-0.1, -0.05) is 0 Å². The summed E-state index contributed by atoms with van der Waals surface area (Å²) in [5.74, 6) is 0.500. The second-order valence-corrected chi connectivity index (χ2v) is 5.26. The molecule has 0 amide bonds. The third-order valence-electron chi connectivity index (χ3n) is 4.01. The number of anilines is 1. The first kappa shape index (κ1) is 14.2. The van der Waals surface area contributed by atoms with Crippen LogP contribution in [-0.4, -0.2) is 41.0 Å². The molecule has 0 aromatic carbocycles. The summed E-state index contributed by atoms with van der Waals surface area (Å²) < 4.78 is 0. The smallest absolute Gasteiger partial charge is 0.305 e. The van der Waals surface area contributed by atoms with Crippen LogP contribution in [0.25, 0.3) is 0 Å². The Bertz CT molecular complexity index is 560. The van der Waals surface area contributed by atoms with E-state index in [2.05, 4.69) is 15.2 Å². The van der Waals surface area contributed by atoms with Crippen LogP contribution in [0.2, 0.25) is 0 Å². The Hall–Kier alpha value is -2.20. The van der Waals surface area contributed by atoms with Crippen LogP contribution in [0.4, 0.5) is 11.5 Å². The molecule has 0 bridgehead atoms. The minimum absolute atomic E-state index is 0.121. The maximum absolute atomic E-state index is 10.7. The molecule has 0 unspecified atom stereocenters. The van der Waals surface area contributed by atoms with Crippen LogP contribution in [0.15, 0.2) is 12.1 Å². The number of pyridine rings is 1. The highest BCUT2D eigenvalue weighted by atomic mass is 16.6. The van der Waals surface area contributed by atoms with Gasteiger partial charge in [0.25, 0.3) is 0 Å². The van der Waals surface area contributed by atoms with Gasteiger partial charge in [-0.25, -0.2) is 4.98 Å². The molecule has 1 saturated carbocycles. The summed E-state index contributed by atoms with van der Waals surface area (Å²) in [5.41, 5.74) is -0.299. The summed E-state index contributed by atoms with van der Waals surface area (Å²) in [7, 11) is 4.09. The Labute approximate surface area is 117 Å². The van der Waals surface area contributed by atoms with Gasteiger partial charge in [0.15, 0.2) is 0 Å². The molecule has 0 radical (unpaired) electrons. The Kier molecular flexibility index (Phi) is 3.86. The van der Waals surface area contributed by atoms with E-state index in [1.165, 1.54) is 12.5 Å². The summed E-state index contributed by atoms with van der Waals surface area (Å²) in [4.78, 5) is 16.3. The normalized spacial score (nSPS) is 16.3. The van der Waals surface area contributed by atoms with Gasteiger partial charge in [-0.2, -0.15) is 5.26 Å². The number of nitrogens with one attached hydrogen (secondary N) is 1. The van der Waals surface area contributed by atoms with Gasteiger partial charge in [0.1, 0.15) is 11.9 Å². The average molecular weight is 275 g/mol. The molecule has 2 rings (SSSR count). The molecular formula is C13H17N5O2. The number of nitrogens with zero attached hydrogens (tertiary/aromatic N) is 4. The van der Waals surface area contributed by atoms with E-state index in [1.807, 2.05) is 14.1 Å². The van der Waals surface area contributed by atoms with Crippen LogP contribution in [0.5, 0.6) is 0 Å². The molecule has 20 heavy (non-hydrogen) atoms.